The summed E-state index contributed by atoms with van der Waals surface area (Å²) in [4.78, 5) is 11.8. The molecule has 1 aromatic heterocycles. The Morgan fingerprint density at radius 1 is 1.44 bits per heavy atom. The minimum absolute atomic E-state index is 0.0305. The molecule has 0 spiro atoms. The van der Waals surface area contributed by atoms with Crippen molar-refractivity contribution in [1.29, 1.82) is 0 Å². The standard InChI is InChI=1S/C14H16N2O2/c1-16-13-5-3-2-4-11(13)12(15-16)8-10-9-18-7-6-14(10)17/h2-5,10H,6-9H2,1H3. The van der Waals surface area contributed by atoms with Crippen molar-refractivity contribution < 1.29 is 9.53 Å². The van der Waals surface area contributed by atoms with E-state index in [1.54, 1.807) is 0 Å². The molecule has 1 saturated heterocycles. The summed E-state index contributed by atoms with van der Waals surface area (Å²) in [5.41, 5.74) is 2.11. The Bertz CT molecular complexity index is 588. The molecular weight excluding hydrogens is 228 g/mol. The van der Waals surface area contributed by atoms with E-state index in [0.717, 1.165) is 16.6 Å². The number of aromatic nitrogens is 2. The number of hydrogen-bond donors (Lipinski definition) is 0. The van der Waals surface area contributed by atoms with Crippen molar-refractivity contribution in [2.75, 3.05) is 13.2 Å². The number of benzene rings is 1. The first-order valence-electron chi connectivity index (χ1n) is 6.27. The zero-order valence-electron chi connectivity index (χ0n) is 10.4. The van der Waals surface area contributed by atoms with E-state index < -0.39 is 0 Å². The number of ketones is 1. The molecule has 2 heterocycles. The summed E-state index contributed by atoms with van der Waals surface area (Å²) in [6, 6.07) is 8.12. The van der Waals surface area contributed by atoms with Crippen LogP contribution in [-0.4, -0.2) is 28.8 Å². The maximum Gasteiger partial charge on any atom is 0.140 e. The molecule has 1 fully saturated rings. The molecule has 94 valence electrons. The quantitative estimate of drug-likeness (QED) is 0.808. The Labute approximate surface area is 106 Å². The van der Waals surface area contributed by atoms with Gasteiger partial charge in [0.15, 0.2) is 0 Å². The Balaban J connectivity index is 1.92. The fourth-order valence-corrected chi connectivity index (χ4v) is 2.54. The van der Waals surface area contributed by atoms with Gasteiger partial charge in [-0.05, 0) is 6.07 Å². The lowest BCUT2D eigenvalue weighted by Gasteiger charge is -2.20. The van der Waals surface area contributed by atoms with Crippen LogP contribution in [0.4, 0.5) is 0 Å². The lowest BCUT2D eigenvalue weighted by atomic mass is 9.94. The highest BCUT2D eigenvalue weighted by molar-refractivity contribution is 5.85. The van der Waals surface area contributed by atoms with E-state index in [2.05, 4.69) is 11.2 Å². The van der Waals surface area contributed by atoms with Gasteiger partial charge >= 0.3 is 0 Å². The van der Waals surface area contributed by atoms with Gasteiger partial charge in [0.1, 0.15) is 5.78 Å². The van der Waals surface area contributed by atoms with Crippen molar-refractivity contribution in [3.8, 4) is 0 Å². The Kier molecular flexibility index (Phi) is 2.88. The molecule has 0 amide bonds. The number of aryl methyl sites for hydroxylation is 1. The molecule has 1 unspecified atom stereocenters. The predicted octanol–water partition coefficient (Wildman–Crippen LogP) is 1.72. The molecule has 18 heavy (non-hydrogen) atoms. The van der Waals surface area contributed by atoms with E-state index in [1.165, 1.54) is 0 Å². The number of nitrogens with zero attached hydrogens (tertiary/aromatic N) is 2. The van der Waals surface area contributed by atoms with Crippen molar-refractivity contribution in [3.05, 3.63) is 30.0 Å². The lowest BCUT2D eigenvalue weighted by molar-refractivity contribution is -0.130. The number of carbonyl (C=O) groups excluding carboxylic acids is 1. The SMILES string of the molecule is Cn1nc(CC2COCCC2=O)c2ccccc21. The highest BCUT2D eigenvalue weighted by Crippen LogP contribution is 2.22. The summed E-state index contributed by atoms with van der Waals surface area (Å²) in [6.07, 6.45) is 1.22. The molecule has 1 aromatic carbocycles. The van der Waals surface area contributed by atoms with Crippen LogP contribution in [0.1, 0.15) is 12.1 Å². The van der Waals surface area contributed by atoms with Gasteiger partial charge in [-0.2, -0.15) is 5.10 Å². The Morgan fingerprint density at radius 3 is 3.11 bits per heavy atom. The molecule has 0 radical (unpaired) electrons. The monoisotopic (exact) mass is 244 g/mol. The molecule has 1 aliphatic heterocycles. The average molecular weight is 244 g/mol. The van der Waals surface area contributed by atoms with E-state index in [0.29, 0.717) is 31.8 Å². The number of fused-ring (bicyclic) bond motifs is 1. The van der Waals surface area contributed by atoms with Gasteiger partial charge in [-0.15, -0.1) is 0 Å². The molecule has 4 nitrogen and oxygen atoms in total. The van der Waals surface area contributed by atoms with Crippen LogP contribution < -0.4 is 0 Å². The first kappa shape index (κ1) is 11.4. The van der Waals surface area contributed by atoms with Crippen LogP contribution in [0.5, 0.6) is 0 Å². The molecule has 0 N–H and O–H groups in total. The second-order valence-corrected chi connectivity index (χ2v) is 4.78. The number of hydrogen-bond acceptors (Lipinski definition) is 3. The Morgan fingerprint density at radius 2 is 2.28 bits per heavy atom. The van der Waals surface area contributed by atoms with Gasteiger partial charge in [-0.3, -0.25) is 9.48 Å². The molecule has 0 saturated carbocycles. The van der Waals surface area contributed by atoms with Crippen molar-refractivity contribution in [3.63, 3.8) is 0 Å². The summed E-state index contributed by atoms with van der Waals surface area (Å²) >= 11 is 0. The number of rotatable bonds is 2. The van der Waals surface area contributed by atoms with E-state index >= 15 is 0 Å². The van der Waals surface area contributed by atoms with Crippen molar-refractivity contribution in [2.45, 2.75) is 12.8 Å². The molecule has 4 heteroatoms. The first-order valence-corrected chi connectivity index (χ1v) is 6.27. The van der Waals surface area contributed by atoms with Crippen LogP contribution >= 0.6 is 0 Å². The molecule has 0 bridgehead atoms. The van der Waals surface area contributed by atoms with Gasteiger partial charge < -0.3 is 4.74 Å². The third-order valence-electron chi connectivity index (χ3n) is 3.54. The first-order chi connectivity index (χ1) is 8.75. The summed E-state index contributed by atoms with van der Waals surface area (Å²) in [6.45, 7) is 1.10. The Hall–Kier alpha value is -1.68. The van der Waals surface area contributed by atoms with Gasteiger partial charge in [-0.25, -0.2) is 0 Å². The highest BCUT2D eigenvalue weighted by atomic mass is 16.5. The summed E-state index contributed by atoms with van der Waals surface area (Å²) in [7, 11) is 1.94. The maximum atomic E-state index is 11.8. The second kappa shape index (κ2) is 4.53. The summed E-state index contributed by atoms with van der Waals surface area (Å²) in [5.74, 6) is 0.271. The van der Waals surface area contributed by atoms with Crippen LogP contribution in [0.25, 0.3) is 10.9 Å². The lowest BCUT2D eigenvalue weighted by Crippen LogP contribution is -2.29. The van der Waals surface area contributed by atoms with Crippen molar-refractivity contribution in [1.82, 2.24) is 9.78 Å². The van der Waals surface area contributed by atoms with Gasteiger partial charge in [0.05, 0.1) is 24.4 Å². The highest BCUT2D eigenvalue weighted by Gasteiger charge is 2.25. The fourth-order valence-electron chi connectivity index (χ4n) is 2.54. The molecule has 0 aliphatic carbocycles. The van der Waals surface area contributed by atoms with Gasteiger partial charge in [0, 0.05) is 31.2 Å². The van der Waals surface area contributed by atoms with E-state index in [-0.39, 0.29) is 5.92 Å². The zero-order chi connectivity index (χ0) is 12.5. The maximum absolute atomic E-state index is 11.8. The normalized spacial score (nSPS) is 20.5. The van der Waals surface area contributed by atoms with Gasteiger partial charge in [0.2, 0.25) is 0 Å². The van der Waals surface area contributed by atoms with Crippen LogP contribution in [0.2, 0.25) is 0 Å². The predicted molar refractivity (Wildman–Crippen MR) is 68.4 cm³/mol. The van der Waals surface area contributed by atoms with Crippen LogP contribution in [0.15, 0.2) is 24.3 Å². The topological polar surface area (TPSA) is 44.1 Å². The number of carbonyl (C=O) groups is 1. The van der Waals surface area contributed by atoms with E-state index in [9.17, 15) is 4.79 Å². The van der Waals surface area contributed by atoms with Crippen molar-refractivity contribution in [2.24, 2.45) is 13.0 Å². The third-order valence-corrected chi connectivity index (χ3v) is 3.54. The zero-order valence-corrected chi connectivity index (χ0v) is 10.4. The minimum atomic E-state index is -0.0305. The molecule has 3 rings (SSSR count). The number of para-hydroxylation sites is 1. The third kappa shape index (κ3) is 1.93. The second-order valence-electron chi connectivity index (χ2n) is 4.78. The molecule has 1 aliphatic rings. The molecule has 1 atom stereocenters. The smallest absolute Gasteiger partial charge is 0.140 e. The van der Waals surface area contributed by atoms with Gasteiger partial charge in [0.25, 0.3) is 0 Å². The number of ether oxygens (including phenoxy) is 1. The summed E-state index contributed by atoms with van der Waals surface area (Å²) in [5, 5.41) is 5.66. The van der Waals surface area contributed by atoms with E-state index in [1.807, 2.05) is 29.9 Å². The largest absolute Gasteiger partial charge is 0.380 e. The molecular formula is C14H16N2O2. The van der Waals surface area contributed by atoms with Crippen LogP contribution in [0.3, 0.4) is 0 Å². The van der Waals surface area contributed by atoms with Gasteiger partial charge in [-0.1, -0.05) is 18.2 Å². The van der Waals surface area contributed by atoms with Crippen molar-refractivity contribution >= 4 is 16.7 Å². The fraction of sp³-hybridized carbons (Fsp3) is 0.429. The number of Topliss-reactive ketones (excluding diaryl/α,β-unsaturated/α-hetero) is 1. The molecule has 2 aromatic rings. The average Bonchev–Trinajstić information content (AvgIpc) is 2.70. The minimum Gasteiger partial charge on any atom is -0.380 e. The summed E-state index contributed by atoms with van der Waals surface area (Å²) < 4.78 is 7.26. The van der Waals surface area contributed by atoms with Crippen LogP contribution in [-0.2, 0) is 23.0 Å². The van der Waals surface area contributed by atoms with E-state index in [4.69, 9.17) is 4.74 Å². The van der Waals surface area contributed by atoms with Crippen LogP contribution in [0, 0.1) is 5.92 Å².